The predicted octanol–water partition coefficient (Wildman–Crippen LogP) is 2.40. The van der Waals surface area contributed by atoms with Crippen molar-refractivity contribution in [3.05, 3.63) is 46.0 Å². The maximum atomic E-state index is 11.3. The summed E-state index contributed by atoms with van der Waals surface area (Å²) in [4.78, 5) is 21.6. The second kappa shape index (κ2) is 6.53. The second-order valence-electron chi connectivity index (χ2n) is 3.82. The number of hydrogen-bond donors (Lipinski definition) is 0. The highest BCUT2D eigenvalue weighted by atomic mass is 16.6. The number of carbonyl (C=O) groups is 1. The van der Waals surface area contributed by atoms with Gasteiger partial charge in [-0.15, -0.1) is 0 Å². The molecule has 0 saturated heterocycles. The van der Waals surface area contributed by atoms with Crippen LogP contribution in [0.1, 0.15) is 12.5 Å². The summed E-state index contributed by atoms with van der Waals surface area (Å²) in [5, 5.41) is 10.8. The molecule has 6 nitrogen and oxygen atoms in total. The fourth-order valence-electron chi connectivity index (χ4n) is 1.34. The smallest absolute Gasteiger partial charge is 0.336 e. The monoisotopic (exact) mass is 265 g/mol. The fourth-order valence-corrected chi connectivity index (χ4v) is 1.34. The molecular weight excluding hydrogens is 250 g/mol. The van der Waals surface area contributed by atoms with Crippen LogP contribution in [0, 0.1) is 17.0 Å². The highest BCUT2D eigenvalue weighted by molar-refractivity contribution is 5.88. The first-order chi connectivity index (χ1) is 8.95. The van der Waals surface area contributed by atoms with Crippen LogP contribution in [0.5, 0.6) is 5.75 Å². The summed E-state index contributed by atoms with van der Waals surface area (Å²) in [7, 11) is 0. The van der Waals surface area contributed by atoms with E-state index in [2.05, 4.69) is 6.58 Å². The van der Waals surface area contributed by atoms with Crippen LogP contribution >= 0.6 is 0 Å². The first-order valence-electron chi connectivity index (χ1n) is 5.68. The Morgan fingerprint density at radius 1 is 1.47 bits per heavy atom. The molecule has 102 valence electrons. The zero-order chi connectivity index (χ0) is 14.4. The van der Waals surface area contributed by atoms with Crippen molar-refractivity contribution >= 4 is 11.7 Å². The average Bonchev–Trinajstić information content (AvgIpc) is 2.37. The molecule has 19 heavy (non-hydrogen) atoms. The molecule has 0 aliphatic heterocycles. The van der Waals surface area contributed by atoms with E-state index in [4.69, 9.17) is 9.47 Å². The van der Waals surface area contributed by atoms with Crippen molar-refractivity contribution in [3.8, 4) is 5.75 Å². The van der Waals surface area contributed by atoms with Crippen molar-refractivity contribution in [2.24, 2.45) is 0 Å². The number of nitro groups is 1. The van der Waals surface area contributed by atoms with Crippen LogP contribution in [0.4, 0.5) is 5.69 Å². The number of hydrogen-bond acceptors (Lipinski definition) is 5. The summed E-state index contributed by atoms with van der Waals surface area (Å²) in [5.74, 6) is -0.230. The summed E-state index contributed by atoms with van der Waals surface area (Å²) in [5.41, 5.74) is 0.672. The SMILES string of the molecule is C=C(COc1ccc(C)c([N+](=O)[O-])c1)C(=O)OCC. The normalized spacial score (nSPS) is 9.79. The zero-order valence-electron chi connectivity index (χ0n) is 10.8. The van der Waals surface area contributed by atoms with E-state index < -0.39 is 10.9 Å². The summed E-state index contributed by atoms with van der Waals surface area (Å²) in [6, 6.07) is 4.50. The second-order valence-corrected chi connectivity index (χ2v) is 3.82. The van der Waals surface area contributed by atoms with Crippen molar-refractivity contribution in [2.75, 3.05) is 13.2 Å². The molecule has 0 atom stereocenters. The van der Waals surface area contributed by atoms with Gasteiger partial charge in [0.05, 0.1) is 23.2 Å². The molecule has 1 aromatic carbocycles. The van der Waals surface area contributed by atoms with Gasteiger partial charge in [-0.25, -0.2) is 4.79 Å². The van der Waals surface area contributed by atoms with Crippen LogP contribution in [0.25, 0.3) is 0 Å². The Morgan fingerprint density at radius 3 is 2.74 bits per heavy atom. The lowest BCUT2D eigenvalue weighted by Gasteiger charge is -2.08. The van der Waals surface area contributed by atoms with E-state index in [1.165, 1.54) is 6.07 Å². The van der Waals surface area contributed by atoms with Crippen molar-refractivity contribution in [1.29, 1.82) is 0 Å². The minimum atomic E-state index is -0.538. The molecule has 0 spiro atoms. The first-order valence-corrected chi connectivity index (χ1v) is 5.68. The number of nitro benzene ring substituents is 1. The lowest BCUT2D eigenvalue weighted by atomic mass is 10.2. The molecule has 0 N–H and O–H groups in total. The highest BCUT2D eigenvalue weighted by Gasteiger charge is 2.13. The molecule has 0 bridgehead atoms. The van der Waals surface area contributed by atoms with E-state index >= 15 is 0 Å². The van der Waals surface area contributed by atoms with Crippen molar-refractivity contribution in [3.63, 3.8) is 0 Å². The molecule has 0 unspecified atom stereocenters. The van der Waals surface area contributed by atoms with Gasteiger partial charge in [0.1, 0.15) is 12.4 Å². The Morgan fingerprint density at radius 2 is 2.16 bits per heavy atom. The van der Waals surface area contributed by atoms with E-state index in [0.29, 0.717) is 11.3 Å². The van der Waals surface area contributed by atoms with Crippen LogP contribution in [-0.4, -0.2) is 24.1 Å². The van der Waals surface area contributed by atoms with Gasteiger partial charge in [-0.3, -0.25) is 10.1 Å². The van der Waals surface area contributed by atoms with Gasteiger partial charge in [0.2, 0.25) is 0 Å². The third-order valence-electron chi connectivity index (χ3n) is 2.35. The van der Waals surface area contributed by atoms with Gasteiger partial charge >= 0.3 is 5.97 Å². The minimum Gasteiger partial charge on any atom is -0.488 e. The van der Waals surface area contributed by atoms with Gasteiger partial charge in [0.25, 0.3) is 5.69 Å². The third kappa shape index (κ3) is 4.09. The molecule has 0 heterocycles. The van der Waals surface area contributed by atoms with Crippen LogP contribution in [0.15, 0.2) is 30.4 Å². The summed E-state index contributed by atoms with van der Waals surface area (Å²) < 4.78 is 10.0. The van der Waals surface area contributed by atoms with E-state index in [-0.39, 0.29) is 24.5 Å². The highest BCUT2D eigenvalue weighted by Crippen LogP contribution is 2.24. The van der Waals surface area contributed by atoms with E-state index in [0.717, 1.165) is 0 Å². The lowest BCUT2D eigenvalue weighted by Crippen LogP contribution is -2.13. The van der Waals surface area contributed by atoms with Gasteiger partial charge in [0, 0.05) is 5.56 Å². The van der Waals surface area contributed by atoms with Crippen molar-refractivity contribution < 1.29 is 19.2 Å². The number of ether oxygens (including phenoxy) is 2. The first kappa shape index (κ1) is 14.7. The molecule has 0 amide bonds. The summed E-state index contributed by atoms with van der Waals surface area (Å²) in [6.07, 6.45) is 0. The lowest BCUT2D eigenvalue weighted by molar-refractivity contribution is -0.385. The van der Waals surface area contributed by atoms with Crippen LogP contribution < -0.4 is 4.74 Å². The predicted molar refractivity (Wildman–Crippen MR) is 69.1 cm³/mol. The quantitative estimate of drug-likeness (QED) is 0.341. The fraction of sp³-hybridized carbons (Fsp3) is 0.308. The molecule has 0 aliphatic rings. The third-order valence-corrected chi connectivity index (χ3v) is 2.35. The molecular formula is C13H15NO5. The maximum Gasteiger partial charge on any atom is 0.336 e. The van der Waals surface area contributed by atoms with Gasteiger partial charge in [0.15, 0.2) is 0 Å². The molecule has 0 fully saturated rings. The minimum absolute atomic E-state index is 0.0285. The summed E-state index contributed by atoms with van der Waals surface area (Å²) >= 11 is 0. The number of aryl methyl sites for hydroxylation is 1. The molecule has 0 aromatic heterocycles. The number of esters is 1. The topological polar surface area (TPSA) is 78.7 Å². The van der Waals surface area contributed by atoms with Gasteiger partial charge in [-0.1, -0.05) is 6.58 Å². The number of benzene rings is 1. The number of carbonyl (C=O) groups excluding carboxylic acids is 1. The van der Waals surface area contributed by atoms with Crippen LogP contribution in [0.3, 0.4) is 0 Å². The van der Waals surface area contributed by atoms with Crippen molar-refractivity contribution in [1.82, 2.24) is 0 Å². The average molecular weight is 265 g/mol. The number of nitrogens with zero attached hydrogens (tertiary/aromatic N) is 1. The standard InChI is InChI=1S/C13H15NO5/c1-4-18-13(15)10(3)8-19-11-6-5-9(2)12(7-11)14(16)17/h5-7H,3-4,8H2,1-2H3. The Hall–Kier alpha value is -2.37. The zero-order valence-corrected chi connectivity index (χ0v) is 10.8. The molecule has 6 heteroatoms. The van der Waals surface area contributed by atoms with Crippen molar-refractivity contribution in [2.45, 2.75) is 13.8 Å². The largest absolute Gasteiger partial charge is 0.488 e. The Kier molecular flexibility index (Phi) is 5.05. The van der Waals surface area contributed by atoms with E-state index in [1.807, 2.05) is 0 Å². The van der Waals surface area contributed by atoms with Gasteiger partial charge in [-0.2, -0.15) is 0 Å². The number of rotatable bonds is 6. The summed E-state index contributed by atoms with van der Waals surface area (Å²) in [6.45, 7) is 7.05. The van der Waals surface area contributed by atoms with E-state index in [9.17, 15) is 14.9 Å². The Balaban J connectivity index is 2.68. The van der Waals surface area contributed by atoms with Gasteiger partial charge < -0.3 is 9.47 Å². The van der Waals surface area contributed by atoms with Crippen LogP contribution in [-0.2, 0) is 9.53 Å². The molecule has 0 radical (unpaired) electrons. The Labute approximate surface area is 110 Å². The molecule has 1 rings (SSSR count). The van der Waals surface area contributed by atoms with Gasteiger partial charge in [-0.05, 0) is 26.0 Å². The Bertz CT molecular complexity index is 510. The maximum absolute atomic E-state index is 11.3. The van der Waals surface area contributed by atoms with Crippen LogP contribution in [0.2, 0.25) is 0 Å². The molecule has 0 saturated carbocycles. The molecule has 1 aromatic rings. The van der Waals surface area contributed by atoms with E-state index in [1.54, 1.807) is 26.0 Å². The molecule has 0 aliphatic carbocycles.